The summed E-state index contributed by atoms with van der Waals surface area (Å²) in [5, 5.41) is 7.03. The van der Waals surface area contributed by atoms with Crippen LogP contribution in [0.25, 0.3) is 11.0 Å². The van der Waals surface area contributed by atoms with E-state index in [1.165, 1.54) is 12.7 Å². The van der Waals surface area contributed by atoms with Gasteiger partial charge in [0.2, 0.25) is 5.91 Å². The van der Waals surface area contributed by atoms with Crippen molar-refractivity contribution in [2.45, 2.75) is 33.4 Å². The molecule has 0 bridgehead atoms. The van der Waals surface area contributed by atoms with Crippen LogP contribution in [0.3, 0.4) is 0 Å². The van der Waals surface area contributed by atoms with Crippen LogP contribution >= 0.6 is 0 Å². The highest BCUT2D eigenvalue weighted by Gasteiger charge is 2.29. The van der Waals surface area contributed by atoms with E-state index in [-0.39, 0.29) is 11.8 Å². The summed E-state index contributed by atoms with van der Waals surface area (Å²) >= 11 is 0. The molecule has 0 unspecified atom stereocenters. The van der Waals surface area contributed by atoms with Crippen LogP contribution in [0.2, 0.25) is 0 Å². The Morgan fingerprint density at radius 1 is 1.28 bits per heavy atom. The topological polar surface area (TPSA) is 94.5 Å². The van der Waals surface area contributed by atoms with Crippen LogP contribution in [0.5, 0.6) is 0 Å². The Labute approximate surface area is 186 Å². The lowest BCUT2D eigenvalue weighted by Crippen LogP contribution is -2.24. The highest BCUT2D eigenvalue weighted by molar-refractivity contribution is 6.11. The number of nitrogens with one attached hydrogen (secondary N) is 2. The molecule has 8 nitrogen and oxygen atoms in total. The number of hydrogen-bond acceptors (Lipinski definition) is 6. The van der Waals surface area contributed by atoms with Crippen molar-refractivity contribution in [2.24, 2.45) is 5.92 Å². The summed E-state index contributed by atoms with van der Waals surface area (Å²) in [6.45, 7) is 6.06. The van der Waals surface area contributed by atoms with E-state index in [4.69, 9.17) is 9.47 Å². The van der Waals surface area contributed by atoms with Crippen molar-refractivity contribution in [2.75, 3.05) is 31.0 Å². The first kappa shape index (κ1) is 21.8. The standard InChI is InChI=1S/C24H28N4O4/c1-4-28-21(24(30)31-3)20(27-23(29)17-9-10-32-14-17)19-11-18(13-26-22(19)28)25-12-16-7-5-15(2)6-8-16/h5-8,11,13,17,25H,4,9-10,12,14H2,1-3H3,(H,27,29)/t17-/m0/s1. The predicted molar refractivity (Wildman–Crippen MR) is 123 cm³/mol. The van der Waals surface area contributed by atoms with E-state index < -0.39 is 5.97 Å². The largest absolute Gasteiger partial charge is 0.464 e. The number of fused-ring (bicyclic) bond motifs is 1. The summed E-state index contributed by atoms with van der Waals surface area (Å²) in [5.74, 6) is -0.922. The van der Waals surface area contributed by atoms with Gasteiger partial charge in [0.05, 0.1) is 37.2 Å². The predicted octanol–water partition coefficient (Wildman–Crippen LogP) is 3.74. The number of amides is 1. The zero-order valence-corrected chi connectivity index (χ0v) is 18.6. The molecule has 3 heterocycles. The van der Waals surface area contributed by atoms with Gasteiger partial charge in [-0.2, -0.15) is 0 Å². The number of hydrogen-bond donors (Lipinski definition) is 2. The molecule has 2 aromatic heterocycles. The van der Waals surface area contributed by atoms with Crippen LogP contribution in [0.4, 0.5) is 11.4 Å². The van der Waals surface area contributed by atoms with Gasteiger partial charge in [-0.3, -0.25) is 4.79 Å². The number of carbonyl (C=O) groups excluding carboxylic acids is 2. The lowest BCUT2D eigenvalue weighted by atomic mass is 10.1. The molecule has 168 valence electrons. The lowest BCUT2D eigenvalue weighted by molar-refractivity contribution is -0.119. The van der Waals surface area contributed by atoms with Crippen LogP contribution in [0.15, 0.2) is 36.5 Å². The highest BCUT2D eigenvalue weighted by atomic mass is 16.5. The van der Waals surface area contributed by atoms with Gasteiger partial charge in [-0.05, 0) is 31.9 Å². The molecule has 1 aromatic carbocycles. The molecule has 1 aliphatic heterocycles. The minimum Gasteiger partial charge on any atom is -0.464 e. The summed E-state index contributed by atoms with van der Waals surface area (Å²) in [6, 6.07) is 10.2. The number of anilines is 2. The number of aromatic nitrogens is 2. The minimum atomic E-state index is -0.517. The average molecular weight is 437 g/mol. The fourth-order valence-electron chi connectivity index (χ4n) is 3.94. The van der Waals surface area contributed by atoms with Crippen molar-refractivity contribution < 1.29 is 19.1 Å². The van der Waals surface area contributed by atoms with Gasteiger partial charge in [0, 0.05) is 25.1 Å². The number of benzene rings is 1. The summed E-state index contributed by atoms with van der Waals surface area (Å²) in [4.78, 5) is 30.1. The Hall–Kier alpha value is -3.39. The van der Waals surface area contributed by atoms with Gasteiger partial charge in [-0.15, -0.1) is 0 Å². The number of ether oxygens (including phenoxy) is 2. The summed E-state index contributed by atoms with van der Waals surface area (Å²) in [7, 11) is 1.33. The quantitative estimate of drug-likeness (QED) is 0.548. The molecular weight excluding hydrogens is 408 g/mol. The first-order chi connectivity index (χ1) is 15.5. The Bertz CT molecular complexity index is 1130. The molecule has 3 aromatic rings. The third kappa shape index (κ3) is 4.31. The van der Waals surface area contributed by atoms with E-state index in [9.17, 15) is 9.59 Å². The van der Waals surface area contributed by atoms with Crippen molar-refractivity contribution in [3.05, 3.63) is 53.3 Å². The highest BCUT2D eigenvalue weighted by Crippen LogP contribution is 2.33. The molecule has 1 saturated heterocycles. The molecule has 2 N–H and O–H groups in total. The third-order valence-corrected chi connectivity index (χ3v) is 5.76. The Morgan fingerprint density at radius 3 is 2.72 bits per heavy atom. The molecule has 32 heavy (non-hydrogen) atoms. The van der Waals surface area contributed by atoms with E-state index in [0.29, 0.717) is 55.1 Å². The molecular formula is C24H28N4O4. The summed E-state index contributed by atoms with van der Waals surface area (Å²) < 4.78 is 12.1. The SMILES string of the molecule is CCn1c(C(=O)OC)c(NC(=O)[C@H]2CCOC2)c2cc(NCc3ccc(C)cc3)cnc21. The number of carbonyl (C=O) groups is 2. The number of aryl methyl sites for hydroxylation is 2. The first-order valence-electron chi connectivity index (χ1n) is 10.8. The first-order valence-corrected chi connectivity index (χ1v) is 10.8. The summed E-state index contributed by atoms with van der Waals surface area (Å²) in [6.07, 6.45) is 2.40. The number of rotatable bonds is 7. The van der Waals surface area contributed by atoms with E-state index in [1.54, 1.807) is 10.8 Å². The van der Waals surface area contributed by atoms with Crippen molar-refractivity contribution in [3.63, 3.8) is 0 Å². The maximum absolute atomic E-state index is 12.9. The maximum Gasteiger partial charge on any atom is 0.356 e. The molecule has 1 fully saturated rings. The number of esters is 1. The Kier molecular flexibility index (Phi) is 6.41. The fourth-order valence-corrected chi connectivity index (χ4v) is 3.94. The third-order valence-electron chi connectivity index (χ3n) is 5.76. The Morgan fingerprint density at radius 2 is 2.06 bits per heavy atom. The number of methoxy groups -OCH3 is 1. The molecule has 4 rings (SSSR count). The lowest BCUT2D eigenvalue weighted by Gasteiger charge is -2.11. The van der Waals surface area contributed by atoms with Gasteiger partial charge in [0.1, 0.15) is 5.65 Å². The zero-order chi connectivity index (χ0) is 22.7. The van der Waals surface area contributed by atoms with Crippen LogP contribution in [0, 0.1) is 12.8 Å². The van der Waals surface area contributed by atoms with Crippen LogP contribution in [-0.2, 0) is 27.4 Å². The molecule has 8 heteroatoms. The van der Waals surface area contributed by atoms with E-state index >= 15 is 0 Å². The van der Waals surface area contributed by atoms with Crippen molar-refractivity contribution in [3.8, 4) is 0 Å². The molecule has 1 amide bonds. The van der Waals surface area contributed by atoms with Crippen LogP contribution < -0.4 is 10.6 Å². The fraction of sp³-hybridized carbons (Fsp3) is 0.375. The van der Waals surface area contributed by atoms with Gasteiger partial charge in [0.25, 0.3) is 0 Å². The van der Waals surface area contributed by atoms with Gasteiger partial charge in [-0.25, -0.2) is 9.78 Å². The molecule has 1 aliphatic rings. The number of nitrogens with zero attached hydrogens (tertiary/aromatic N) is 2. The molecule has 0 saturated carbocycles. The van der Waals surface area contributed by atoms with E-state index in [1.807, 2.05) is 13.0 Å². The minimum absolute atomic E-state index is 0.166. The van der Waals surface area contributed by atoms with Gasteiger partial charge < -0.3 is 24.7 Å². The molecule has 0 radical (unpaired) electrons. The molecule has 0 spiro atoms. The average Bonchev–Trinajstić information content (AvgIpc) is 3.45. The van der Waals surface area contributed by atoms with Gasteiger partial charge >= 0.3 is 5.97 Å². The zero-order valence-electron chi connectivity index (χ0n) is 18.6. The maximum atomic E-state index is 12.9. The Balaban J connectivity index is 1.70. The van der Waals surface area contributed by atoms with Crippen molar-refractivity contribution in [1.29, 1.82) is 0 Å². The second-order valence-electron chi connectivity index (χ2n) is 7.94. The summed E-state index contributed by atoms with van der Waals surface area (Å²) in [5.41, 5.74) is 4.49. The van der Waals surface area contributed by atoms with Gasteiger partial charge in [-0.1, -0.05) is 29.8 Å². The van der Waals surface area contributed by atoms with Crippen molar-refractivity contribution in [1.82, 2.24) is 9.55 Å². The monoisotopic (exact) mass is 436 g/mol. The smallest absolute Gasteiger partial charge is 0.356 e. The second-order valence-corrected chi connectivity index (χ2v) is 7.94. The molecule has 1 atom stereocenters. The normalized spacial score (nSPS) is 15.7. The van der Waals surface area contributed by atoms with Gasteiger partial charge in [0.15, 0.2) is 5.69 Å². The molecule has 0 aliphatic carbocycles. The van der Waals surface area contributed by atoms with E-state index in [0.717, 1.165) is 11.3 Å². The second kappa shape index (κ2) is 9.40. The van der Waals surface area contributed by atoms with E-state index in [2.05, 4.69) is 46.8 Å². The van der Waals surface area contributed by atoms with Crippen LogP contribution in [-0.4, -0.2) is 41.8 Å². The van der Waals surface area contributed by atoms with Crippen molar-refractivity contribution >= 4 is 34.3 Å². The van der Waals surface area contributed by atoms with Crippen LogP contribution in [0.1, 0.15) is 35.0 Å². The number of pyridine rings is 1.